The number of hydrogen-bond acceptors (Lipinski definition) is 4. The van der Waals surface area contributed by atoms with Gasteiger partial charge in [-0.05, 0) is 12.1 Å². The number of benzene rings is 2. The molecule has 26 heavy (non-hydrogen) atoms. The molecule has 0 saturated carbocycles. The van der Waals surface area contributed by atoms with Crippen molar-refractivity contribution in [1.82, 2.24) is 15.5 Å². The van der Waals surface area contributed by atoms with Crippen LogP contribution in [-0.4, -0.2) is 34.4 Å². The molecule has 2 amide bonds. The minimum absolute atomic E-state index is 0.423. The summed E-state index contributed by atoms with van der Waals surface area (Å²) in [6.07, 6.45) is 3.31. The van der Waals surface area contributed by atoms with Crippen molar-refractivity contribution >= 4 is 6.03 Å². The number of fused-ring (bicyclic) bond motifs is 2. The third kappa shape index (κ3) is 3.46. The van der Waals surface area contributed by atoms with Crippen LogP contribution in [0.4, 0.5) is 4.79 Å². The van der Waals surface area contributed by atoms with E-state index in [4.69, 9.17) is 4.74 Å². The molecular weight excluding hydrogens is 330 g/mol. The molecule has 0 atom stereocenters. The summed E-state index contributed by atoms with van der Waals surface area (Å²) in [5, 5.41) is 13.0. The third-order valence-electron chi connectivity index (χ3n) is 4.05. The Hall–Kier alpha value is -3.09. The minimum Gasteiger partial charge on any atom is -0.457 e. The monoisotopic (exact) mass is 351 g/mol. The van der Waals surface area contributed by atoms with Crippen LogP contribution in [0, 0.1) is 0 Å². The van der Waals surface area contributed by atoms with Gasteiger partial charge in [-0.2, -0.15) is 5.06 Å². The lowest BCUT2D eigenvalue weighted by Gasteiger charge is -2.33. The molecule has 0 saturated heterocycles. The largest absolute Gasteiger partial charge is 0.457 e. The zero-order valence-electron chi connectivity index (χ0n) is 14.3. The highest BCUT2D eigenvalue weighted by Gasteiger charge is 2.34. The Morgan fingerprint density at radius 1 is 1.04 bits per heavy atom. The lowest BCUT2D eigenvalue weighted by atomic mass is 9.94. The SMILES string of the molecule is C=CCN(CC=C)NC(=O)N(O)C1c2ccccc2Oc2ccccc21. The molecule has 0 radical (unpaired) electrons. The van der Waals surface area contributed by atoms with Crippen LogP contribution in [0.5, 0.6) is 11.5 Å². The number of hydrazine groups is 1. The standard InChI is InChI=1S/C20H21N3O3/c1-3-13-22(14-4-2)21-20(24)23(25)19-15-9-5-7-11-17(15)26-18-12-8-6-10-16(18)19/h3-12,19,25H,1-2,13-14H2,(H,21,24). The van der Waals surface area contributed by atoms with Crippen LogP contribution in [0.1, 0.15) is 17.2 Å². The van der Waals surface area contributed by atoms with Gasteiger partial charge in [0.05, 0.1) is 0 Å². The Labute approximate surface area is 152 Å². The molecule has 2 N–H and O–H groups in total. The maximum absolute atomic E-state index is 12.6. The second-order valence-electron chi connectivity index (χ2n) is 5.82. The molecule has 1 aliphatic rings. The maximum Gasteiger partial charge on any atom is 0.356 e. The minimum atomic E-state index is -0.675. The first-order valence-electron chi connectivity index (χ1n) is 8.27. The number of amides is 2. The highest BCUT2D eigenvalue weighted by molar-refractivity contribution is 5.74. The van der Waals surface area contributed by atoms with Crippen molar-refractivity contribution in [3.8, 4) is 11.5 Å². The van der Waals surface area contributed by atoms with E-state index in [0.29, 0.717) is 40.8 Å². The average molecular weight is 351 g/mol. The van der Waals surface area contributed by atoms with Gasteiger partial charge in [0.1, 0.15) is 17.5 Å². The second kappa shape index (κ2) is 7.86. The van der Waals surface area contributed by atoms with Crippen LogP contribution in [0.2, 0.25) is 0 Å². The van der Waals surface area contributed by atoms with Gasteiger partial charge in [-0.3, -0.25) is 10.6 Å². The van der Waals surface area contributed by atoms with Gasteiger partial charge in [0.2, 0.25) is 0 Å². The Bertz CT molecular complexity index is 766. The molecule has 1 aliphatic heterocycles. The van der Waals surface area contributed by atoms with Crippen molar-refractivity contribution in [2.24, 2.45) is 0 Å². The van der Waals surface area contributed by atoms with Crippen molar-refractivity contribution < 1.29 is 14.7 Å². The summed E-state index contributed by atoms with van der Waals surface area (Å²) in [7, 11) is 0. The number of nitrogens with one attached hydrogen (secondary N) is 1. The number of urea groups is 1. The summed E-state index contributed by atoms with van der Waals surface area (Å²) >= 11 is 0. The van der Waals surface area contributed by atoms with Crippen LogP contribution in [0.25, 0.3) is 0 Å². The Balaban J connectivity index is 1.91. The molecule has 6 heteroatoms. The fourth-order valence-electron chi connectivity index (χ4n) is 2.93. The molecule has 0 unspecified atom stereocenters. The Kier molecular flexibility index (Phi) is 5.36. The van der Waals surface area contributed by atoms with Crippen molar-refractivity contribution in [3.05, 3.63) is 85.0 Å². The molecule has 0 spiro atoms. The number of hydroxylamine groups is 2. The summed E-state index contributed by atoms with van der Waals surface area (Å²) in [4.78, 5) is 12.6. The van der Waals surface area contributed by atoms with E-state index >= 15 is 0 Å². The summed E-state index contributed by atoms with van der Waals surface area (Å²) in [5.74, 6) is 1.22. The number of rotatable bonds is 6. The topological polar surface area (TPSA) is 65.0 Å². The van der Waals surface area contributed by atoms with E-state index in [-0.39, 0.29) is 0 Å². The summed E-state index contributed by atoms with van der Waals surface area (Å²) in [6.45, 7) is 8.17. The molecule has 0 aliphatic carbocycles. The van der Waals surface area contributed by atoms with Crippen LogP contribution in [0.3, 0.4) is 0 Å². The molecule has 0 bridgehead atoms. The fourth-order valence-corrected chi connectivity index (χ4v) is 2.93. The van der Waals surface area contributed by atoms with E-state index in [2.05, 4.69) is 18.6 Å². The molecule has 134 valence electrons. The first kappa shape index (κ1) is 17.7. The lowest BCUT2D eigenvalue weighted by molar-refractivity contribution is -0.0756. The number of ether oxygens (including phenoxy) is 1. The van der Waals surface area contributed by atoms with E-state index in [0.717, 1.165) is 0 Å². The summed E-state index contributed by atoms with van der Waals surface area (Å²) < 4.78 is 5.89. The van der Waals surface area contributed by atoms with Gasteiger partial charge in [0, 0.05) is 24.2 Å². The molecule has 3 rings (SSSR count). The summed E-state index contributed by atoms with van der Waals surface area (Å²) in [6, 6.07) is 13.3. The number of carbonyl (C=O) groups excluding carboxylic acids is 1. The predicted molar refractivity (Wildman–Crippen MR) is 98.9 cm³/mol. The number of carbonyl (C=O) groups is 1. The first-order chi connectivity index (χ1) is 12.7. The van der Waals surface area contributed by atoms with Crippen LogP contribution in [-0.2, 0) is 0 Å². The second-order valence-corrected chi connectivity index (χ2v) is 5.82. The van der Waals surface area contributed by atoms with E-state index in [1.807, 2.05) is 48.5 Å². The van der Waals surface area contributed by atoms with Gasteiger partial charge in [0.25, 0.3) is 0 Å². The zero-order valence-corrected chi connectivity index (χ0v) is 14.3. The predicted octanol–water partition coefficient (Wildman–Crippen LogP) is 3.87. The average Bonchev–Trinajstić information content (AvgIpc) is 2.66. The fraction of sp³-hybridized carbons (Fsp3) is 0.150. The number of hydrogen-bond donors (Lipinski definition) is 2. The number of para-hydroxylation sites is 2. The molecule has 0 aromatic heterocycles. The highest BCUT2D eigenvalue weighted by atomic mass is 16.5. The third-order valence-corrected chi connectivity index (χ3v) is 4.05. The molecule has 0 fully saturated rings. The molecule has 2 aromatic rings. The van der Waals surface area contributed by atoms with Crippen LogP contribution in [0.15, 0.2) is 73.8 Å². The maximum atomic E-state index is 12.6. The Morgan fingerprint density at radius 2 is 1.54 bits per heavy atom. The van der Waals surface area contributed by atoms with Gasteiger partial charge < -0.3 is 4.74 Å². The van der Waals surface area contributed by atoms with Crippen molar-refractivity contribution in [3.63, 3.8) is 0 Å². The summed E-state index contributed by atoms with van der Waals surface area (Å²) in [5.41, 5.74) is 4.09. The molecule has 2 aromatic carbocycles. The van der Waals surface area contributed by atoms with E-state index in [1.54, 1.807) is 17.2 Å². The molecule has 6 nitrogen and oxygen atoms in total. The van der Waals surface area contributed by atoms with Gasteiger partial charge >= 0.3 is 6.03 Å². The van der Waals surface area contributed by atoms with Gasteiger partial charge in [-0.1, -0.05) is 48.6 Å². The van der Waals surface area contributed by atoms with Crippen molar-refractivity contribution in [2.75, 3.05) is 13.1 Å². The first-order valence-corrected chi connectivity index (χ1v) is 8.27. The highest BCUT2D eigenvalue weighted by Crippen LogP contribution is 2.44. The van der Waals surface area contributed by atoms with Crippen molar-refractivity contribution in [2.45, 2.75) is 6.04 Å². The Morgan fingerprint density at radius 3 is 2.04 bits per heavy atom. The van der Waals surface area contributed by atoms with Crippen molar-refractivity contribution in [1.29, 1.82) is 0 Å². The lowest BCUT2D eigenvalue weighted by Crippen LogP contribution is -2.49. The van der Waals surface area contributed by atoms with Gasteiger partial charge in [-0.15, -0.1) is 13.2 Å². The van der Waals surface area contributed by atoms with Crippen LogP contribution < -0.4 is 10.2 Å². The van der Waals surface area contributed by atoms with Crippen LogP contribution >= 0.6 is 0 Å². The molecule has 1 heterocycles. The molecular formula is C20H21N3O3. The quantitative estimate of drug-likeness (QED) is 0.471. The van der Waals surface area contributed by atoms with E-state index in [9.17, 15) is 10.0 Å². The smallest absolute Gasteiger partial charge is 0.356 e. The van der Waals surface area contributed by atoms with Gasteiger partial charge in [-0.25, -0.2) is 9.80 Å². The zero-order chi connectivity index (χ0) is 18.5. The van der Waals surface area contributed by atoms with E-state index < -0.39 is 12.1 Å². The van der Waals surface area contributed by atoms with Gasteiger partial charge in [0.15, 0.2) is 0 Å². The number of nitrogens with zero attached hydrogens (tertiary/aromatic N) is 2. The van der Waals surface area contributed by atoms with E-state index in [1.165, 1.54) is 0 Å². The normalized spacial score (nSPS) is 12.5.